The van der Waals surface area contributed by atoms with E-state index >= 15 is 0 Å². The van der Waals surface area contributed by atoms with Crippen molar-refractivity contribution in [1.82, 2.24) is 4.31 Å². The van der Waals surface area contributed by atoms with Crippen LogP contribution in [0.25, 0.3) is 0 Å². The number of hydrogen-bond donors (Lipinski definition) is 2. The molecular weight excluding hydrogens is 430 g/mol. The third-order valence-electron chi connectivity index (χ3n) is 4.20. The molecule has 0 saturated carbocycles. The van der Waals surface area contributed by atoms with Crippen molar-refractivity contribution in [1.29, 1.82) is 0 Å². The number of sulfonamides is 1. The number of ether oxygens (including phenoxy) is 1. The zero-order chi connectivity index (χ0) is 21.2. The molecule has 1 amide bonds. The van der Waals surface area contributed by atoms with Crippen LogP contribution in [0.3, 0.4) is 0 Å². The highest BCUT2D eigenvalue weighted by atomic mass is 35.5. The molecule has 1 fully saturated rings. The van der Waals surface area contributed by atoms with Crippen molar-refractivity contribution in [2.75, 3.05) is 31.6 Å². The smallest absolute Gasteiger partial charge is 0.255 e. The van der Waals surface area contributed by atoms with Gasteiger partial charge in [-0.25, -0.2) is 17.2 Å². The van der Waals surface area contributed by atoms with Gasteiger partial charge in [0.2, 0.25) is 10.0 Å². The molecule has 29 heavy (non-hydrogen) atoms. The van der Waals surface area contributed by atoms with Crippen LogP contribution in [0.15, 0.2) is 41.3 Å². The molecule has 2 aromatic rings. The highest BCUT2D eigenvalue weighted by Gasteiger charge is 2.31. The number of benzene rings is 2. The van der Waals surface area contributed by atoms with Gasteiger partial charge in [0.05, 0.1) is 24.3 Å². The van der Waals surface area contributed by atoms with Crippen molar-refractivity contribution in [3.8, 4) is 0 Å². The lowest BCUT2D eigenvalue weighted by atomic mass is 10.2. The molecule has 1 heterocycles. The predicted octanol–water partition coefficient (Wildman–Crippen LogP) is 2.25. The number of anilines is 1. The summed E-state index contributed by atoms with van der Waals surface area (Å²) in [6.45, 7) is -0.309. The average molecular weight is 447 g/mol. The van der Waals surface area contributed by atoms with Gasteiger partial charge in [-0.2, -0.15) is 4.31 Å². The standard InChI is InChI=1S/C18H17ClF2N2O5S/c19-14-8-12(2-4-15(14)20)22-18(25)11-1-3-16(21)17(7-11)29(26,27)23-5-6-28-10-13(24)9-23/h1-4,7-8,13,24H,5-6,9-10H2,(H,22,25)/t13-/m0/s1. The third-order valence-corrected chi connectivity index (χ3v) is 6.37. The number of carbonyl (C=O) groups is 1. The first kappa shape index (κ1) is 21.6. The maximum atomic E-state index is 14.3. The molecule has 1 saturated heterocycles. The first-order chi connectivity index (χ1) is 13.7. The van der Waals surface area contributed by atoms with Crippen LogP contribution in [0, 0.1) is 11.6 Å². The van der Waals surface area contributed by atoms with Crippen LogP contribution in [-0.2, 0) is 14.8 Å². The summed E-state index contributed by atoms with van der Waals surface area (Å²) >= 11 is 5.67. The summed E-state index contributed by atoms with van der Waals surface area (Å²) in [6, 6.07) is 6.42. The summed E-state index contributed by atoms with van der Waals surface area (Å²) < 4.78 is 59.3. The Morgan fingerprint density at radius 2 is 1.93 bits per heavy atom. The number of halogens is 3. The summed E-state index contributed by atoms with van der Waals surface area (Å²) in [6.07, 6.45) is -1.05. The van der Waals surface area contributed by atoms with Crippen molar-refractivity contribution in [3.05, 3.63) is 58.6 Å². The van der Waals surface area contributed by atoms with Crippen LogP contribution in [0.1, 0.15) is 10.4 Å². The third kappa shape index (κ3) is 4.90. The van der Waals surface area contributed by atoms with Gasteiger partial charge in [0.15, 0.2) is 0 Å². The van der Waals surface area contributed by atoms with E-state index in [9.17, 15) is 27.1 Å². The lowest BCUT2D eigenvalue weighted by Gasteiger charge is -2.21. The van der Waals surface area contributed by atoms with Crippen LogP contribution in [-0.4, -0.2) is 56.1 Å². The predicted molar refractivity (Wildman–Crippen MR) is 101 cm³/mol. The average Bonchev–Trinajstić information content (AvgIpc) is 2.90. The molecular formula is C18H17ClF2N2O5S. The molecule has 2 N–H and O–H groups in total. The second-order valence-corrected chi connectivity index (χ2v) is 8.63. The van der Waals surface area contributed by atoms with Crippen LogP contribution in [0.2, 0.25) is 5.02 Å². The SMILES string of the molecule is O=C(Nc1ccc(F)c(Cl)c1)c1ccc(F)c(S(=O)(=O)N2CCOC[C@@H](O)C2)c1. The van der Waals surface area contributed by atoms with Crippen molar-refractivity contribution in [2.24, 2.45) is 0 Å². The molecule has 156 valence electrons. The van der Waals surface area contributed by atoms with Gasteiger partial charge in [0.25, 0.3) is 5.91 Å². The highest BCUT2D eigenvalue weighted by Crippen LogP contribution is 2.24. The summed E-state index contributed by atoms with van der Waals surface area (Å²) in [7, 11) is -4.32. The van der Waals surface area contributed by atoms with Gasteiger partial charge in [0, 0.05) is 24.3 Å². The number of aliphatic hydroxyl groups is 1. The van der Waals surface area contributed by atoms with E-state index in [1.165, 1.54) is 12.1 Å². The lowest BCUT2D eigenvalue weighted by molar-refractivity contribution is 0.0583. The molecule has 1 atom stereocenters. The van der Waals surface area contributed by atoms with Gasteiger partial charge < -0.3 is 15.2 Å². The van der Waals surface area contributed by atoms with E-state index in [0.29, 0.717) is 0 Å². The van der Waals surface area contributed by atoms with Gasteiger partial charge in [-0.05, 0) is 36.4 Å². The fraction of sp³-hybridized carbons (Fsp3) is 0.278. The second-order valence-electron chi connectivity index (χ2n) is 6.32. The minimum absolute atomic E-state index is 0.0306. The van der Waals surface area contributed by atoms with Gasteiger partial charge >= 0.3 is 0 Å². The maximum Gasteiger partial charge on any atom is 0.255 e. The maximum absolute atomic E-state index is 14.3. The summed E-state index contributed by atoms with van der Waals surface area (Å²) in [5, 5.41) is 12.0. The lowest BCUT2D eigenvalue weighted by Crippen LogP contribution is -2.38. The van der Waals surface area contributed by atoms with Gasteiger partial charge in [-0.3, -0.25) is 4.79 Å². The number of hydrogen-bond acceptors (Lipinski definition) is 5. The van der Waals surface area contributed by atoms with Crippen molar-refractivity contribution in [3.63, 3.8) is 0 Å². The summed E-state index contributed by atoms with van der Waals surface area (Å²) in [5.41, 5.74) is 0.0555. The molecule has 0 bridgehead atoms. The Labute approximate surface area is 170 Å². The van der Waals surface area contributed by atoms with E-state index < -0.39 is 38.6 Å². The molecule has 0 spiro atoms. The molecule has 0 aliphatic carbocycles. The minimum Gasteiger partial charge on any atom is -0.389 e. The molecule has 3 rings (SSSR count). The fourth-order valence-corrected chi connectivity index (χ4v) is 4.47. The largest absolute Gasteiger partial charge is 0.389 e. The van der Waals surface area contributed by atoms with Crippen LogP contribution in [0.5, 0.6) is 0 Å². The Morgan fingerprint density at radius 1 is 1.21 bits per heavy atom. The Bertz CT molecular complexity index is 1030. The number of carbonyl (C=O) groups excluding carboxylic acids is 1. The Balaban J connectivity index is 1.88. The monoisotopic (exact) mass is 446 g/mol. The van der Waals surface area contributed by atoms with Crippen molar-refractivity contribution in [2.45, 2.75) is 11.0 Å². The summed E-state index contributed by atoms with van der Waals surface area (Å²) in [5.74, 6) is -2.43. The first-order valence-corrected chi connectivity index (χ1v) is 10.3. The molecule has 0 unspecified atom stereocenters. The summed E-state index contributed by atoms with van der Waals surface area (Å²) in [4.78, 5) is 11.7. The molecule has 0 radical (unpaired) electrons. The van der Waals surface area contributed by atoms with E-state index in [1.807, 2.05) is 0 Å². The van der Waals surface area contributed by atoms with Crippen LogP contribution < -0.4 is 5.32 Å². The number of nitrogens with zero attached hydrogens (tertiary/aromatic N) is 1. The fourth-order valence-electron chi connectivity index (χ4n) is 2.74. The van der Waals surface area contributed by atoms with E-state index in [-0.39, 0.29) is 42.6 Å². The van der Waals surface area contributed by atoms with E-state index in [2.05, 4.69) is 5.32 Å². The van der Waals surface area contributed by atoms with E-state index in [1.54, 1.807) is 0 Å². The Morgan fingerprint density at radius 3 is 2.66 bits per heavy atom. The highest BCUT2D eigenvalue weighted by molar-refractivity contribution is 7.89. The quantitative estimate of drug-likeness (QED) is 0.751. The first-order valence-electron chi connectivity index (χ1n) is 8.50. The molecule has 2 aromatic carbocycles. The zero-order valence-corrected chi connectivity index (χ0v) is 16.5. The van der Waals surface area contributed by atoms with Crippen molar-refractivity contribution < 1.29 is 31.8 Å². The molecule has 7 nitrogen and oxygen atoms in total. The molecule has 1 aliphatic heterocycles. The Hall–Kier alpha value is -2.11. The molecule has 0 aromatic heterocycles. The Kier molecular flexibility index (Phi) is 6.49. The van der Waals surface area contributed by atoms with Gasteiger partial charge in [-0.15, -0.1) is 0 Å². The number of aliphatic hydroxyl groups excluding tert-OH is 1. The topological polar surface area (TPSA) is 95.9 Å². The van der Waals surface area contributed by atoms with E-state index in [4.69, 9.17) is 16.3 Å². The van der Waals surface area contributed by atoms with Gasteiger partial charge in [0.1, 0.15) is 16.5 Å². The zero-order valence-electron chi connectivity index (χ0n) is 14.9. The number of rotatable bonds is 4. The number of β-amino-alcohol motifs (C(OH)–C–C–N with tert-alkyl or cyclic N) is 1. The second kappa shape index (κ2) is 8.72. The van der Waals surface area contributed by atoms with Crippen LogP contribution >= 0.6 is 11.6 Å². The normalized spacial score (nSPS) is 18.3. The van der Waals surface area contributed by atoms with Gasteiger partial charge in [-0.1, -0.05) is 11.6 Å². The van der Waals surface area contributed by atoms with Crippen molar-refractivity contribution >= 4 is 33.2 Å². The minimum atomic E-state index is -4.32. The number of nitrogens with one attached hydrogen (secondary N) is 1. The number of amides is 1. The molecule has 11 heteroatoms. The van der Waals surface area contributed by atoms with Crippen LogP contribution in [0.4, 0.5) is 14.5 Å². The molecule has 1 aliphatic rings. The van der Waals surface area contributed by atoms with E-state index in [0.717, 1.165) is 28.6 Å².